The molecule has 1 aromatic carbocycles. The van der Waals surface area contributed by atoms with E-state index in [0.29, 0.717) is 16.9 Å². The molecule has 0 spiro atoms. The van der Waals surface area contributed by atoms with E-state index in [1.807, 2.05) is 0 Å². The molecule has 36 heavy (non-hydrogen) atoms. The minimum absolute atomic E-state index is 0.0964. The summed E-state index contributed by atoms with van der Waals surface area (Å²) in [5.74, 6) is -0.344. The fourth-order valence-corrected chi connectivity index (χ4v) is 9.21. The van der Waals surface area contributed by atoms with Crippen molar-refractivity contribution in [2.24, 2.45) is 35.5 Å². The number of fused-ring (bicyclic) bond motifs is 2. The number of halogens is 1. The summed E-state index contributed by atoms with van der Waals surface area (Å²) < 4.78 is 17.0. The molecule has 2 bridgehead atoms. The van der Waals surface area contributed by atoms with Crippen LogP contribution in [0, 0.1) is 35.5 Å². The summed E-state index contributed by atoms with van der Waals surface area (Å²) in [6.07, 6.45) is 7.77. The summed E-state index contributed by atoms with van der Waals surface area (Å²) >= 11 is 5.55. The number of ether oxygens (including phenoxy) is 3. The Kier molecular flexibility index (Phi) is 8.85. The van der Waals surface area contributed by atoms with Gasteiger partial charge in [-0.1, -0.05) is 0 Å². The van der Waals surface area contributed by atoms with Crippen molar-refractivity contribution < 1.29 is 28.6 Å². The van der Waals surface area contributed by atoms with Gasteiger partial charge in [0, 0.05) is 0 Å². The summed E-state index contributed by atoms with van der Waals surface area (Å²) in [4.78, 5) is 39.2. The molecule has 0 radical (unpaired) electrons. The van der Waals surface area contributed by atoms with E-state index >= 15 is 0 Å². The average molecular weight is 582 g/mol. The molecule has 8 heteroatoms. The predicted octanol–water partition coefficient (Wildman–Crippen LogP) is 5.31. The van der Waals surface area contributed by atoms with Gasteiger partial charge in [-0.3, -0.25) is 0 Å². The van der Waals surface area contributed by atoms with Crippen LogP contribution in [0.3, 0.4) is 0 Å². The van der Waals surface area contributed by atoms with Crippen LogP contribution < -0.4 is 0 Å². The summed E-state index contributed by atoms with van der Waals surface area (Å²) in [5, 5.41) is -0.645. The standard InChI is InChI=1S/C28H35ClO6Se/c1-15(2)21-11-8-16(3)12-22(21)34-27(32)28(35-25(30)19-6-5-7-20(29)14-19)36-24-18-10-9-17(13-18)23(24)26(31)33-4/h5-7,9-10,14-18,21-24,28H,8,11-13H2,1-4H3/t16-,17?,18?,21+,22-,23?,24?,28?/m1/s1. The first kappa shape index (κ1) is 27.2. The molecular formula is C28H35ClO6Se. The summed E-state index contributed by atoms with van der Waals surface area (Å²) in [6.45, 7) is 6.50. The first-order valence-corrected chi connectivity index (χ1v) is 15.1. The van der Waals surface area contributed by atoms with E-state index < -0.39 is 31.9 Å². The van der Waals surface area contributed by atoms with Crippen molar-refractivity contribution in [1.29, 1.82) is 0 Å². The van der Waals surface area contributed by atoms with Crippen molar-refractivity contribution in [2.45, 2.75) is 62.4 Å². The number of benzene rings is 1. The van der Waals surface area contributed by atoms with Gasteiger partial charge >= 0.3 is 225 Å². The average Bonchev–Trinajstić information content (AvgIpc) is 3.45. The number of hydrogen-bond donors (Lipinski definition) is 0. The van der Waals surface area contributed by atoms with Gasteiger partial charge in [-0.25, -0.2) is 0 Å². The molecule has 4 rings (SSSR count). The Balaban J connectivity index is 1.56. The van der Waals surface area contributed by atoms with E-state index in [9.17, 15) is 14.4 Å². The SMILES string of the molecule is COC(=O)C1C2C=CC(C2)C1[Se]C(OC(=O)c1cccc(Cl)c1)C(=O)O[C@@H]1C[C@H](C)CC[C@H]1C(C)C. The molecule has 0 N–H and O–H groups in total. The molecule has 2 saturated carbocycles. The zero-order valence-corrected chi connectivity index (χ0v) is 23.7. The van der Waals surface area contributed by atoms with Gasteiger partial charge in [-0.15, -0.1) is 0 Å². The third kappa shape index (κ3) is 6.00. The van der Waals surface area contributed by atoms with Crippen LogP contribution in [0.2, 0.25) is 9.84 Å². The number of rotatable bonds is 8. The molecule has 1 aromatic rings. The monoisotopic (exact) mass is 582 g/mol. The zero-order valence-electron chi connectivity index (χ0n) is 21.2. The Labute approximate surface area is 224 Å². The number of methoxy groups -OCH3 is 1. The molecule has 3 aliphatic rings. The van der Waals surface area contributed by atoms with Gasteiger partial charge in [-0.2, -0.15) is 0 Å². The third-order valence-corrected chi connectivity index (χ3v) is 11.2. The molecule has 8 atom stereocenters. The van der Waals surface area contributed by atoms with Gasteiger partial charge in [0.1, 0.15) is 0 Å². The Bertz CT molecular complexity index is 1010. The van der Waals surface area contributed by atoms with E-state index in [2.05, 4.69) is 32.9 Å². The molecule has 5 unspecified atom stereocenters. The van der Waals surface area contributed by atoms with Crippen LogP contribution in [0.1, 0.15) is 56.8 Å². The van der Waals surface area contributed by atoms with Crippen LogP contribution in [0.5, 0.6) is 0 Å². The molecular weight excluding hydrogens is 547 g/mol. The van der Waals surface area contributed by atoms with Gasteiger partial charge in [0.15, 0.2) is 0 Å². The third-order valence-electron chi connectivity index (χ3n) is 7.84. The van der Waals surface area contributed by atoms with E-state index in [-0.39, 0.29) is 46.1 Å². The summed E-state index contributed by atoms with van der Waals surface area (Å²) in [5.41, 5.74) is 0.278. The molecule has 3 aliphatic carbocycles. The molecule has 196 valence electrons. The van der Waals surface area contributed by atoms with Crippen molar-refractivity contribution >= 4 is 44.5 Å². The van der Waals surface area contributed by atoms with E-state index in [4.69, 9.17) is 25.8 Å². The van der Waals surface area contributed by atoms with Crippen LogP contribution in [0.4, 0.5) is 0 Å². The molecule has 6 nitrogen and oxygen atoms in total. The maximum atomic E-state index is 13.6. The van der Waals surface area contributed by atoms with E-state index in [0.717, 1.165) is 25.7 Å². The minimum atomic E-state index is -1.06. The summed E-state index contributed by atoms with van der Waals surface area (Å²) in [6, 6.07) is 6.47. The Morgan fingerprint density at radius 3 is 2.53 bits per heavy atom. The van der Waals surface area contributed by atoms with Crippen LogP contribution in [0.25, 0.3) is 0 Å². The first-order chi connectivity index (χ1) is 17.2. The van der Waals surface area contributed by atoms with E-state index in [1.54, 1.807) is 18.2 Å². The maximum absolute atomic E-state index is 13.6. The van der Waals surface area contributed by atoms with Crippen molar-refractivity contribution in [2.75, 3.05) is 7.11 Å². The number of carbonyl (C=O) groups is 3. The fourth-order valence-electron chi connectivity index (χ4n) is 5.92. The zero-order chi connectivity index (χ0) is 26.0. The Morgan fingerprint density at radius 2 is 1.83 bits per heavy atom. The van der Waals surface area contributed by atoms with Crippen molar-refractivity contribution in [3.63, 3.8) is 0 Å². The first-order valence-electron chi connectivity index (χ1n) is 12.8. The van der Waals surface area contributed by atoms with E-state index in [1.165, 1.54) is 13.2 Å². The number of esters is 3. The number of hydrogen-bond acceptors (Lipinski definition) is 6. The Morgan fingerprint density at radius 1 is 1.08 bits per heavy atom. The second kappa shape index (κ2) is 11.7. The van der Waals surface area contributed by atoms with Gasteiger partial charge in [0.2, 0.25) is 0 Å². The van der Waals surface area contributed by atoms with Gasteiger partial charge in [-0.05, 0) is 0 Å². The molecule has 2 fully saturated rings. The topological polar surface area (TPSA) is 78.9 Å². The molecule has 0 saturated heterocycles. The quantitative estimate of drug-likeness (QED) is 0.179. The van der Waals surface area contributed by atoms with Crippen molar-refractivity contribution in [3.8, 4) is 0 Å². The molecule has 0 heterocycles. The molecule has 0 amide bonds. The molecule has 0 aromatic heterocycles. The number of allylic oxidation sites excluding steroid dienone is 2. The van der Waals surface area contributed by atoms with Crippen molar-refractivity contribution in [1.82, 2.24) is 0 Å². The second-order valence-corrected chi connectivity index (χ2v) is 13.7. The van der Waals surface area contributed by atoms with Crippen molar-refractivity contribution in [3.05, 3.63) is 47.0 Å². The van der Waals surface area contributed by atoms with Crippen LogP contribution in [-0.2, 0) is 23.8 Å². The summed E-state index contributed by atoms with van der Waals surface area (Å²) in [7, 11) is 1.39. The predicted molar refractivity (Wildman–Crippen MR) is 138 cm³/mol. The number of carbonyl (C=O) groups excluding carboxylic acids is 3. The van der Waals surface area contributed by atoms with Crippen LogP contribution in [-0.4, -0.2) is 51.1 Å². The normalized spacial score (nSPS) is 31.8. The second-order valence-electron chi connectivity index (χ2n) is 10.6. The van der Waals surface area contributed by atoms with Gasteiger partial charge in [0.05, 0.1) is 0 Å². The van der Waals surface area contributed by atoms with Crippen LogP contribution in [0.15, 0.2) is 36.4 Å². The molecule has 0 aliphatic heterocycles. The Hall–Kier alpha value is -1.82. The van der Waals surface area contributed by atoms with Gasteiger partial charge < -0.3 is 0 Å². The van der Waals surface area contributed by atoms with Gasteiger partial charge in [0.25, 0.3) is 0 Å². The van der Waals surface area contributed by atoms with Crippen LogP contribution >= 0.6 is 11.6 Å². The fraction of sp³-hybridized carbons (Fsp3) is 0.607.